The molecule has 0 aliphatic rings. The fourth-order valence-electron chi connectivity index (χ4n) is 1.40. The molecule has 100 valence electrons. The number of nitrogens with two attached hydrogens (primary N) is 1. The molecule has 1 aromatic rings. The molecule has 2 unspecified atom stereocenters. The third-order valence-electron chi connectivity index (χ3n) is 2.40. The van der Waals surface area contributed by atoms with E-state index in [2.05, 4.69) is 5.32 Å². The van der Waals surface area contributed by atoms with Gasteiger partial charge >= 0.3 is 0 Å². The lowest BCUT2D eigenvalue weighted by Crippen LogP contribution is -2.26. The Labute approximate surface area is 108 Å². The van der Waals surface area contributed by atoms with E-state index in [0.717, 1.165) is 0 Å². The van der Waals surface area contributed by atoms with Crippen LogP contribution in [0.25, 0.3) is 0 Å². The van der Waals surface area contributed by atoms with Crippen LogP contribution in [-0.4, -0.2) is 27.7 Å². The highest BCUT2D eigenvalue weighted by Crippen LogP contribution is 2.09. The summed E-state index contributed by atoms with van der Waals surface area (Å²) in [5, 5.41) is 2.39. The second-order valence-electron chi connectivity index (χ2n) is 3.97. The highest BCUT2D eigenvalue weighted by Gasteiger charge is 2.14. The van der Waals surface area contributed by atoms with Gasteiger partial charge in [0.25, 0.3) is 0 Å². The van der Waals surface area contributed by atoms with Crippen molar-refractivity contribution < 1.29 is 13.4 Å². The quantitative estimate of drug-likeness (QED) is 0.818. The molecule has 4 nitrogen and oxygen atoms in total. The van der Waals surface area contributed by atoms with Crippen LogP contribution in [0.3, 0.4) is 0 Å². The maximum atomic E-state index is 12.9. The van der Waals surface area contributed by atoms with E-state index in [9.17, 15) is 13.4 Å². The Hall–Kier alpha value is -1.27. The molecule has 0 aliphatic heterocycles. The van der Waals surface area contributed by atoms with Crippen LogP contribution in [0, 0.1) is 5.82 Å². The highest BCUT2D eigenvalue weighted by molar-refractivity contribution is 7.86. The first-order valence-corrected chi connectivity index (χ1v) is 7.04. The number of rotatable bonds is 6. The molecule has 0 bridgehead atoms. The van der Waals surface area contributed by atoms with Gasteiger partial charge in [0.1, 0.15) is 11.6 Å². The largest absolute Gasteiger partial charge is 0.330 e. The molecule has 1 aromatic carbocycles. The summed E-state index contributed by atoms with van der Waals surface area (Å²) in [5.41, 5.74) is 5.73. The summed E-state index contributed by atoms with van der Waals surface area (Å²) in [7, 11) is -1.26. The maximum absolute atomic E-state index is 12.9. The van der Waals surface area contributed by atoms with Gasteiger partial charge in [0.15, 0.2) is 0 Å². The zero-order valence-corrected chi connectivity index (χ0v) is 11.0. The first-order valence-electron chi connectivity index (χ1n) is 5.65. The Bertz CT molecular complexity index is 440. The second kappa shape index (κ2) is 7.23. The van der Waals surface area contributed by atoms with Crippen molar-refractivity contribution in [2.75, 3.05) is 17.6 Å². The predicted molar refractivity (Wildman–Crippen MR) is 71.2 cm³/mol. The van der Waals surface area contributed by atoms with Crippen LogP contribution in [0.5, 0.6) is 0 Å². The average molecular weight is 272 g/mol. The van der Waals surface area contributed by atoms with Gasteiger partial charge in [-0.3, -0.25) is 9.00 Å². The van der Waals surface area contributed by atoms with Gasteiger partial charge in [-0.15, -0.1) is 0 Å². The van der Waals surface area contributed by atoms with E-state index >= 15 is 0 Å². The molecule has 18 heavy (non-hydrogen) atoms. The van der Waals surface area contributed by atoms with Gasteiger partial charge in [-0.2, -0.15) is 0 Å². The fourth-order valence-corrected chi connectivity index (χ4v) is 2.42. The summed E-state index contributed by atoms with van der Waals surface area (Å²) in [6.07, 6.45) is 0.611. The van der Waals surface area contributed by atoms with Gasteiger partial charge in [0.05, 0.1) is 0 Å². The highest BCUT2D eigenvalue weighted by atomic mass is 32.2. The van der Waals surface area contributed by atoms with Gasteiger partial charge in [0.2, 0.25) is 5.91 Å². The van der Waals surface area contributed by atoms with Gasteiger partial charge in [-0.25, -0.2) is 4.39 Å². The van der Waals surface area contributed by atoms with Crippen molar-refractivity contribution in [3.63, 3.8) is 0 Å². The van der Waals surface area contributed by atoms with Crippen LogP contribution in [0.15, 0.2) is 24.3 Å². The molecule has 0 aromatic heterocycles. The SMILES string of the molecule is CC(CCN)S(=O)CC(=O)Nc1cccc(F)c1. The third-order valence-corrected chi connectivity index (χ3v) is 4.08. The Morgan fingerprint density at radius 1 is 1.56 bits per heavy atom. The van der Waals surface area contributed by atoms with Crippen LogP contribution < -0.4 is 11.1 Å². The van der Waals surface area contributed by atoms with E-state index < -0.39 is 16.6 Å². The number of carbonyl (C=O) groups excluding carboxylic acids is 1. The summed E-state index contributed by atoms with van der Waals surface area (Å²) in [6, 6.07) is 5.58. The Balaban J connectivity index is 2.49. The number of benzene rings is 1. The second-order valence-corrected chi connectivity index (χ2v) is 5.83. The topological polar surface area (TPSA) is 72.2 Å². The molecule has 0 radical (unpaired) electrons. The molecule has 0 saturated heterocycles. The number of amides is 1. The Morgan fingerprint density at radius 3 is 2.89 bits per heavy atom. The van der Waals surface area contributed by atoms with Gasteiger partial charge in [-0.05, 0) is 31.2 Å². The smallest absolute Gasteiger partial charge is 0.237 e. The monoisotopic (exact) mass is 272 g/mol. The summed E-state index contributed by atoms with van der Waals surface area (Å²) in [4.78, 5) is 11.6. The van der Waals surface area contributed by atoms with E-state index in [0.29, 0.717) is 18.7 Å². The lowest BCUT2D eigenvalue weighted by molar-refractivity contribution is -0.113. The van der Waals surface area contributed by atoms with Gasteiger partial charge < -0.3 is 11.1 Å². The van der Waals surface area contributed by atoms with Gasteiger partial charge in [-0.1, -0.05) is 13.0 Å². The normalized spacial score (nSPS) is 13.9. The predicted octanol–water partition coefficient (Wildman–Crippen LogP) is 1.25. The summed E-state index contributed by atoms with van der Waals surface area (Å²) in [6.45, 7) is 2.23. The molecule has 0 saturated carbocycles. The lowest BCUT2D eigenvalue weighted by Gasteiger charge is -2.10. The molecule has 0 fully saturated rings. The Morgan fingerprint density at radius 2 is 2.28 bits per heavy atom. The van der Waals surface area contributed by atoms with Crippen molar-refractivity contribution in [2.45, 2.75) is 18.6 Å². The minimum Gasteiger partial charge on any atom is -0.330 e. The lowest BCUT2D eigenvalue weighted by atomic mass is 10.3. The zero-order valence-electron chi connectivity index (χ0n) is 10.2. The van der Waals surface area contributed by atoms with E-state index in [1.807, 2.05) is 0 Å². The van der Waals surface area contributed by atoms with E-state index in [1.165, 1.54) is 18.2 Å². The van der Waals surface area contributed by atoms with E-state index in [1.54, 1.807) is 13.0 Å². The molecule has 0 aliphatic carbocycles. The molecule has 3 N–H and O–H groups in total. The van der Waals surface area contributed by atoms with Crippen molar-refractivity contribution in [3.8, 4) is 0 Å². The number of carbonyl (C=O) groups is 1. The minimum atomic E-state index is -1.26. The molecule has 0 heterocycles. The van der Waals surface area contributed by atoms with Crippen LogP contribution in [0.1, 0.15) is 13.3 Å². The maximum Gasteiger partial charge on any atom is 0.237 e. The number of anilines is 1. The number of hydrogen-bond acceptors (Lipinski definition) is 3. The third kappa shape index (κ3) is 4.93. The minimum absolute atomic E-state index is 0.0995. The molecule has 1 amide bonds. The molecule has 6 heteroatoms. The summed E-state index contributed by atoms with van der Waals surface area (Å²) >= 11 is 0. The zero-order chi connectivity index (χ0) is 13.5. The average Bonchev–Trinajstić information content (AvgIpc) is 2.28. The van der Waals surface area contributed by atoms with Crippen molar-refractivity contribution >= 4 is 22.4 Å². The number of nitrogens with one attached hydrogen (secondary N) is 1. The fraction of sp³-hybridized carbons (Fsp3) is 0.417. The van der Waals surface area contributed by atoms with Crippen LogP contribution in [-0.2, 0) is 15.6 Å². The van der Waals surface area contributed by atoms with Gasteiger partial charge in [0, 0.05) is 21.7 Å². The van der Waals surface area contributed by atoms with E-state index in [4.69, 9.17) is 5.73 Å². The van der Waals surface area contributed by atoms with Crippen molar-refractivity contribution in [2.24, 2.45) is 5.73 Å². The first-order chi connectivity index (χ1) is 8.52. The summed E-state index contributed by atoms with van der Waals surface area (Å²) in [5.74, 6) is -0.911. The summed E-state index contributed by atoms with van der Waals surface area (Å²) < 4.78 is 24.6. The Kier molecular flexibility index (Phi) is 5.94. The number of hydrogen-bond donors (Lipinski definition) is 2. The van der Waals surface area contributed by atoms with Crippen LogP contribution >= 0.6 is 0 Å². The molecular formula is C12H17FN2O2S. The molecule has 0 spiro atoms. The van der Waals surface area contributed by atoms with Crippen LogP contribution in [0.4, 0.5) is 10.1 Å². The van der Waals surface area contributed by atoms with Crippen LogP contribution in [0.2, 0.25) is 0 Å². The first kappa shape index (κ1) is 14.8. The molecular weight excluding hydrogens is 255 g/mol. The van der Waals surface area contributed by atoms with Crippen molar-refractivity contribution in [1.82, 2.24) is 0 Å². The molecule has 2 atom stereocenters. The van der Waals surface area contributed by atoms with Crippen molar-refractivity contribution in [1.29, 1.82) is 0 Å². The number of halogens is 1. The molecule has 1 rings (SSSR count). The van der Waals surface area contributed by atoms with Crippen molar-refractivity contribution in [3.05, 3.63) is 30.1 Å². The van der Waals surface area contributed by atoms with E-state index in [-0.39, 0.29) is 16.9 Å². The standard InChI is InChI=1S/C12H17FN2O2S/c1-9(5-6-14)18(17)8-12(16)15-11-4-2-3-10(13)7-11/h2-4,7,9H,5-6,8,14H2,1H3,(H,15,16).